The first-order valence-electron chi connectivity index (χ1n) is 7.20. The molecule has 2 rings (SSSR count). The van der Waals surface area contributed by atoms with Crippen molar-refractivity contribution in [3.63, 3.8) is 0 Å². The van der Waals surface area contributed by atoms with Crippen LogP contribution in [0.2, 0.25) is 0 Å². The molecule has 106 valence electrons. The van der Waals surface area contributed by atoms with Gasteiger partial charge in [0.05, 0.1) is 13.2 Å². The van der Waals surface area contributed by atoms with Gasteiger partial charge in [0.25, 0.3) is 0 Å². The van der Waals surface area contributed by atoms with Crippen molar-refractivity contribution in [2.75, 3.05) is 13.7 Å². The monoisotopic (exact) mass is 263 g/mol. The van der Waals surface area contributed by atoms with Crippen LogP contribution >= 0.6 is 0 Å². The zero-order valence-electron chi connectivity index (χ0n) is 12.1. The van der Waals surface area contributed by atoms with E-state index in [2.05, 4.69) is 17.4 Å². The number of methoxy groups -OCH3 is 1. The molecule has 2 atom stereocenters. The first kappa shape index (κ1) is 14.4. The highest BCUT2D eigenvalue weighted by Gasteiger charge is 2.21. The number of aliphatic hydroxyl groups excluding tert-OH is 1. The number of benzene rings is 1. The highest BCUT2D eigenvalue weighted by atomic mass is 16.5. The summed E-state index contributed by atoms with van der Waals surface area (Å²) in [5.74, 6) is 1.21. The molecule has 0 spiro atoms. The Bertz CT molecular complexity index is 417. The third-order valence-corrected chi connectivity index (χ3v) is 4.01. The van der Waals surface area contributed by atoms with E-state index in [4.69, 9.17) is 4.74 Å². The number of nitrogens with one attached hydrogen (secondary N) is 1. The van der Waals surface area contributed by atoms with E-state index in [1.165, 1.54) is 17.5 Å². The van der Waals surface area contributed by atoms with Gasteiger partial charge in [0.1, 0.15) is 5.75 Å². The number of fused-ring (bicyclic) bond motifs is 1. The van der Waals surface area contributed by atoms with E-state index in [1.807, 2.05) is 19.9 Å². The molecule has 0 aromatic heterocycles. The van der Waals surface area contributed by atoms with Crippen LogP contribution in [0.1, 0.15) is 43.9 Å². The van der Waals surface area contributed by atoms with Crippen LogP contribution in [-0.4, -0.2) is 24.9 Å². The lowest BCUT2D eigenvalue weighted by Gasteiger charge is -2.28. The molecule has 2 unspecified atom stereocenters. The van der Waals surface area contributed by atoms with Crippen LogP contribution in [0, 0.1) is 5.92 Å². The van der Waals surface area contributed by atoms with Crippen molar-refractivity contribution < 1.29 is 9.84 Å². The fraction of sp³-hybridized carbons (Fsp3) is 0.625. The topological polar surface area (TPSA) is 41.5 Å². The molecule has 19 heavy (non-hydrogen) atoms. The van der Waals surface area contributed by atoms with Gasteiger partial charge in [0.15, 0.2) is 0 Å². The van der Waals surface area contributed by atoms with Crippen molar-refractivity contribution in [3.8, 4) is 5.75 Å². The van der Waals surface area contributed by atoms with Crippen LogP contribution in [0.15, 0.2) is 18.2 Å². The standard InChI is InChI=1S/C16H25NO2/c1-11(2)16(18)10-17-15-6-4-5-12-7-8-13(19-3)9-14(12)15/h7-9,11,15-18H,4-6,10H2,1-3H3. The molecule has 0 saturated heterocycles. The molecule has 0 fully saturated rings. The highest BCUT2D eigenvalue weighted by molar-refractivity contribution is 5.39. The summed E-state index contributed by atoms with van der Waals surface area (Å²) in [6, 6.07) is 6.67. The normalized spacial score (nSPS) is 20.2. The van der Waals surface area contributed by atoms with Crippen LogP contribution in [0.3, 0.4) is 0 Å². The second kappa shape index (κ2) is 6.40. The van der Waals surface area contributed by atoms with Crippen molar-refractivity contribution in [1.29, 1.82) is 0 Å². The summed E-state index contributed by atoms with van der Waals surface area (Å²) in [4.78, 5) is 0. The minimum absolute atomic E-state index is 0.281. The first-order chi connectivity index (χ1) is 9.11. The van der Waals surface area contributed by atoms with E-state index < -0.39 is 0 Å². The Kier molecular flexibility index (Phi) is 4.83. The summed E-state index contributed by atoms with van der Waals surface area (Å²) in [6.45, 7) is 4.74. The zero-order valence-corrected chi connectivity index (χ0v) is 12.1. The van der Waals surface area contributed by atoms with Crippen LogP contribution < -0.4 is 10.1 Å². The molecule has 1 aromatic rings. The van der Waals surface area contributed by atoms with E-state index >= 15 is 0 Å². The van der Waals surface area contributed by atoms with Crippen molar-refractivity contribution in [2.45, 2.75) is 45.3 Å². The van der Waals surface area contributed by atoms with Crippen molar-refractivity contribution in [1.82, 2.24) is 5.32 Å². The summed E-state index contributed by atoms with van der Waals surface area (Å²) in [5.41, 5.74) is 2.74. The molecule has 3 heteroatoms. The molecule has 2 N–H and O–H groups in total. The number of hydrogen-bond acceptors (Lipinski definition) is 3. The van der Waals surface area contributed by atoms with Crippen LogP contribution in [0.25, 0.3) is 0 Å². The Labute approximate surface area is 116 Å². The Balaban J connectivity index is 2.08. The van der Waals surface area contributed by atoms with Gasteiger partial charge in [0, 0.05) is 12.6 Å². The third kappa shape index (κ3) is 3.48. The molecule has 1 aliphatic carbocycles. The Morgan fingerprint density at radius 2 is 2.21 bits per heavy atom. The third-order valence-electron chi connectivity index (χ3n) is 4.01. The number of rotatable bonds is 5. The fourth-order valence-electron chi connectivity index (χ4n) is 2.61. The van der Waals surface area contributed by atoms with Gasteiger partial charge in [-0.2, -0.15) is 0 Å². The smallest absolute Gasteiger partial charge is 0.119 e. The summed E-state index contributed by atoms with van der Waals surface area (Å²) in [6.07, 6.45) is 3.19. The van der Waals surface area contributed by atoms with E-state index in [0.29, 0.717) is 18.5 Å². The molecule has 0 saturated carbocycles. The van der Waals surface area contributed by atoms with Crippen molar-refractivity contribution in [3.05, 3.63) is 29.3 Å². The molecule has 0 bridgehead atoms. The van der Waals surface area contributed by atoms with Gasteiger partial charge in [-0.1, -0.05) is 19.9 Å². The number of ether oxygens (including phenoxy) is 1. The Morgan fingerprint density at radius 1 is 1.42 bits per heavy atom. The molecule has 0 heterocycles. The maximum Gasteiger partial charge on any atom is 0.119 e. The first-order valence-corrected chi connectivity index (χ1v) is 7.20. The molecule has 1 aromatic carbocycles. The minimum atomic E-state index is -0.281. The predicted octanol–water partition coefficient (Wildman–Crippen LogP) is 2.68. The largest absolute Gasteiger partial charge is 0.497 e. The van der Waals surface area contributed by atoms with Gasteiger partial charge >= 0.3 is 0 Å². The average Bonchev–Trinajstić information content (AvgIpc) is 2.43. The molecular formula is C16H25NO2. The molecule has 0 aliphatic heterocycles. The summed E-state index contributed by atoms with van der Waals surface area (Å²) >= 11 is 0. The summed E-state index contributed by atoms with van der Waals surface area (Å²) in [7, 11) is 1.70. The fourth-order valence-corrected chi connectivity index (χ4v) is 2.61. The maximum atomic E-state index is 9.92. The van der Waals surface area contributed by atoms with Crippen LogP contribution in [0.5, 0.6) is 5.75 Å². The molecule has 0 radical (unpaired) electrons. The maximum absolute atomic E-state index is 9.92. The number of aliphatic hydroxyl groups is 1. The van der Waals surface area contributed by atoms with Crippen molar-refractivity contribution >= 4 is 0 Å². The lowest BCUT2D eigenvalue weighted by Crippen LogP contribution is -2.34. The average molecular weight is 263 g/mol. The van der Waals surface area contributed by atoms with Crippen LogP contribution in [-0.2, 0) is 6.42 Å². The Hall–Kier alpha value is -1.06. The van der Waals surface area contributed by atoms with Crippen molar-refractivity contribution in [2.24, 2.45) is 5.92 Å². The van der Waals surface area contributed by atoms with Gasteiger partial charge in [-0.3, -0.25) is 0 Å². The lowest BCUT2D eigenvalue weighted by molar-refractivity contribution is 0.119. The summed E-state index contributed by atoms with van der Waals surface area (Å²) < 4.78 is 5.32. The van der Waals surface area contributed by atoms with Crippen LogP contribution in [0.4, 0.5) is 0 Å². The molecular weight excluding hydrogens is 238 g/mol. The van der Waals surface area contributed by atoms with Gasteiger partial charge in [-0.25, -0.2) is 0 Å². The molecule has 0 amide bonds. The van der Waals surface area contributed by atoms with E-state index in [0.717, 1.165) is 18.6 Å². The highest BCUT2D eigenvalue weighted by Crippen LogP contribution is 2.32. The lowest BCUT2D eigenvalue weighted by atomic mass is 9.87. The Morgan fingerprint density at radius 3 is 2.89 bits per heavy atom. The van der Waals surface area contributed by atoms with Gasteiger partial charge in [-0.15, -0.1) is 0 Å². The summed E-state index contributed by atoms with van der Waals surface area (Å²) in [5, 5.41) is 13.4. The second-order valence-electron chi connectivity index (χ2n) is 5.73. The predicted molar refractivity (Wildman–Crippen MR) is 77.5 cm³/mol. The van der Waals surface area contributed by atoms with E-state index in [9.17, 15) is 5.11 Å². The van der Waals surface area contributed by atoms with Gasteiger partial charge in [0.2, 0.25) is 0 Å². The van der Waals surface area contributed by atoms with E-state index in [1.54, 1.807) is 7.11 Å². The quantitative estimate of drug-likeness (QED) is 0.858. The SMILES string of the molecule is COc1ccc2c(c1)C(NCC(O)C(C)C)CCC2. The number of hydrogen-bond donors (Lipinski definition) is 2. The zero-order chi connectivity index (χ0) is 13.8. The second-order valence-corrected chi connectivity index (χ2v) is 5.73. The molecule has 3 nitrogen and oxygen atoms in total. The van der Waals surface area contributed by atoms with Gasteiger partial charge < -0.3 is 15.2 Å². The van der Waals surface area contributed by atoms with Gasteiger partial charge in [-0.05, 0) is 48.4 Å². The minimum Gasteiger partial charge on any atom is -0.497 e. The molecule has 1 aliphatic rings. The van der Waals surface area contributed by atoms with E-state index in [-0.39, 0.29) is 6.10 Å². The number of aryl methyl sites for hydroxylation is 1.